The topological polar surface area (TPSA) is 75.9 Å². The molecule has 7 heteroatoms. The van der Waals surface area contributed by atoms with Crippen LogP contribution in [0.5, 0.6) is 5.75 Å². The number of ether oxygens (including phenoxy) is 1. The van der Waals surface area contributed by atoms with Gasteiger partial charge in [-0.2, -0.15) is 0 Å². The molecule has 1 aromatic carbocycles. The third kappa shape index (κ3) is 3.31. The number of fused-ring (bicyclic) bond motifs is 1. The van der Waals surface area contributed by atoms with Gasteiger partial charge in [0.25, 0.3) is 0 Å². The number of rotatable bonds is 2. The Kier molecular flexibility index (Phi) is 5.18. The van der Waals surface area contributed by atoms with Crippen LogP contribution in [0.15, 0.2) is 23.1 Å². The van der Waals surface area contributed by atoms with Crippen molar-refractivity contribution in [2.75, 3.05) is 37.4 Å². The molecule has 130 valence electrons. The van der Waals surface area contributed by atoms with E-state index in [9.17, 15) is 9.59 Å². The summed E-state index contributed by atoms with van der Waals surface area (Å²) in [6.45, 7) is 2.28. The van der Waals surface area contributed by atoms with Crippen LogP contribution in [0.25, 0.3) is 0 Å². The highest BCUT2D eigenvalue weighted by Crippen LogP contribution is 2.39. The quantitative estimate of drug-likeness (QED) is 0.832. The van der Waals surface area contributed by atoms with E-state index in [4.69, 9.17) is 10.5 Å². The molecule has 0 bridgehead atoms. The lowest BCUT2D eigenvalue weighted by Crippen LogP contribution is -2.50. The number of primary amides is 1. The van der Waals surface area contributed by atoms with Gasteiger partial charge in [0.05, 0.1) is 12.5 Å². The summed E-state index contributed by atoms with van der Waals surface area (Å²) < 4.78 is 5.82. The molecule has 1 fully saturated rings. The van der Waals surface area contributed by atoms with E-state index in [0.717, 1.165) is 35.6 Å². The molecule has 1 atom stereocenters. The second kappa shape index (κ2) is 7.34. The summed E-state index contributed by atoms with van der Waals surface area (Å²) in [6.07, 6.45) is 4.34. The van der Waals surface area contributed by atoms with Gasteiger partial charge in [-0.1, -0.05) is 6.07 Å². The maximum absolute atomic E-state index is 13.1. The lowest BCUT2D eigenvalue weighted by atomic mass is 9.98. The molecule has 2 N–H and O–H groups in total. The van der Waals surface area contributed by atoms with E-state index >= 15 is 0 Å². The molecule has 2 heterocycles. The van der Waals surface area contributed by atoms with E-state index in [1.807, 2.05) is 24.5 Å². The maximum atomic E-state index is 13.1. The van der Waals surface area contributed by atoms with Crippen LogP contribution in [-0.2, 0) is 4.79 Å². The van der Waals surface area contributed by atoms with E-state index in [2.05, 4.69) is 0 Å². The molecule has 0 spiro atoms. The smallest absolute Gasteiger partial charge is 0.324 e. The number of para-hydroxylation sites is 1. The number of carbonyl (C=O) groups excluding carboxylic acids is 2. The van der Waals surface area contributed by atoms with Gasteiger partial charge in [-0.05, 0) is 37.7 Å². The monoisotopic (exact) mass is 349 g/mol. The van der Waals surface area contributed by atoms with E-state index < -0.39 is 0 Å². The number of carbonyl (C=O) groups is 2. The van der Waals surface area contributed by atoms with Crippen LogP contribution in [0.2, 0.25) is 0 Å². The van der Waals surface area contributed by atoms with Crippen molar-refractivity contribution in [3.05, 3.63) is 18.2 Å². The number of nitrogens with zero attached hydrogens (tertiary/aromatic N) is 2. The van der Waals surface area contributed by atoms with Crippen molar-refractivity contribution in [2.24, 2.45) is 11.7 Å². The Morgan fingerprint density at radius 3 is 2.88 bits per heavy atom. The number of hydrogen-bond donors (Lipinski definition) is 1. The largest absolute Gasteiger partial charge is 0.491 e. The fourth-order valence-corrected chi connectivity index (χ4v) is 3.93. The zero-order valence-electron chi connectivity index (χ0n) is 13.9. The van der Waals surface area contributed by atoms with Crippen molar-refractivity contribution in [1.29, 1.82) is 0 Å². The number of urea groups is 1. The first-order valence-corrected chi connectivity index (χ1v) is 9.50. The van der Waals surface area contributed by atoms with Crippen LogP contribution >= 0.6 is 11.8 Å². The van der Waals surface area contributed by atoms with Crippen LogP contribution in [0.1, 0.15) is 19.3 Å². The van der Waals surface area contributed by atoms with Crippen molar-refractivity contribution in [1.82, 2.24) is 4.90 Å². The summed E-state index contributed by atoms with van der Waals surface area (Å²) in [6, 6.07) is 5.79. The lowest BCUT2D eigenvalue weighted by Gasteiger charge is -2.35. The van der Waals surface area contributed by atoms with Gasteiger partial charge >= 0.3 is 6.03 Å². The Morgan fingerprint density at radius 1 is 1.29 bits per heavy atom. The number of anilines is 1. The highest BCUT2D eigenvalue weighted by atomic mass is 32.2. The zero-order valence-corrected chi connectivity index (χ0v) is 14.7. The minimum absolute atomic E-state index is 0.0609. The predicted octanol–water partition coefficient (Wildman–Crippen LogP) is 2.31. The van der Waals surface area contributed by atoms with Gasteiger partial charge in [0.1, 0.15) is 11.4 Å². The van der Waals surface area contributed by atoms with Gasteiger partial charge < -0.3 is 15.4 Å². The van der Waals surface area contributed by atoms with Gasteiger partial charge in [-0.3, -0.25) is 9.69 Å². The average molecular weight is 349 g/mol. The third-order valence-electron chi connectivity index (χ3n) is 4.56. The molecular weight excluding hydrogens is 326 g/mol. The standard InChI is InChI=1S/C17H23N3O3S/c1-24-14-7-2-6-13-15(14)20(9-4-10-23-13)17(22)19-8-3-5-12(11-19)16(18)21/h2,6-7,12H,3-5,8-11H2,1H3,(H2,18,21)/t12-/m0/s1. The van der Waals surface area contributed by atoms with Crippen LogP contribution < -0.4 is 15.4 Å². The van der Waals surface area contributed by atoms with Crippen LogP contribution in [0, 0.1) is 5.92 Å². The highest BCUT2D eigenvalue weighted by molar-refractivity contribution is 7.98. The average Bonchev–Trinajstić information content (AvgIpc) is 2.83. The summed E-state index contributed by atoms with van der Waals surface area (Å²) in [4.78, 5) is 29.2. The molecule has 2 aliphatic rings. The van der Waals surface area contributed by atoms with E-state index in [1.54, 1.807) is 21.6 Å². The SMILES string of the molecule is CSc1cccc2c1N(C(=O)N1CCC[C@H](C(N)=O)C1)CCCO2. The number of piperidine rings is 1. The zero-order chi connectivity index (χ0) is 17.1. The first kappa shape index (κ1) is 17.0. The first-order valence-electron chi connectivity index (χ1n) is 8.27. The van der Waals surface area contributed by atoms with Gasteiger partial charge in [-0.15, -0.1) is 11.8 Å². The first-order chi connectivity index (χ1) is 11.6. The van der Waals surface area contributed by atoms with Crippen molar-refractivity contribution in [3.8, 4) is 5.75 Å². The minimum Gasteiger partial charge on any atom is -0.491 e. The molecule has 3 amide bonds. The summed E-state index contributed by atoms with van der Waals surface area (Å²) >= 11 is 1.60. The summed E-state index contributed by atoms with van der Waals surface area (Å²) in [5, 5.41) is 0. The number of hydrogen-bond acceptors (Lipinski definition) is 4. The van der Waals surface area contributed by atoms with Crippen molar-refractivity contribution in [3.63, 3.8) is 0 Å². The molecule has 0 unspecified atom stereocenters. The van der Waals surface area contributed by atoms with E-state index in [-0.39, 0.29) is 17.9 Å². The molecule has 0 aromatic heterocycles. The molecule has 0 radical (unpaired) electrons. The van der Waals surface area contributed by atoms with Gasteiger partial charge in [0.15, 0.2) is 0 Å². The van der Waals surface area contributed by atoms with E-state index in [0.29, 0.717) is 26.2 Å². The molecule has 6 nitrogen and oxygen atoms in total. The fourth-order valence-electron chi connectivity index (χ4n) is 3.31. The Balaban J connectivity index is 1.89. The second-order valence-electron chi connectivity index (χ2n) is 6.13. The predicted molar refractivity (Wildman–Crippen MR) is 94.6 cm³/mol. The Bertz CT molecular complexity index is 638. The lowest BCUT2D eigenvalue weighted by molar-refractivity contribution is -0.123. The Labute approximate surface area is 146 Å². The molecule has 24 heavy (non-hydrogen) atoms. The number of amides is 3. The number of likely N-dealkylation sites (tertiary alicyclic amines) is 1. The molecule has 1 saturated heterocycles. The van der Waals surface area contributed by atoms with Crippen LogP contribution in [-0.4, -0.2) is 49.3 Å². The Hall–Kier alpha value is -1.89. The molecular formula is C17H23N3O3S. The van der Waals surface area contributed by atoms with Crippen molar-refractivity contribution >= 4 is 29.4 Å². The van der Waals surface area contributed by atoms with Crippen LogP contribution in [0.4, 0.5) is 10.5 Å². The summed E-state index contributed by atoms with van der Waals surface area (Å²) in [5.74, 6) is 0.175. The Morgan fingerprint density at radius 2 is 2.12 bits per heavy atom. The second-order valence-corrected chi connectivity index (χ2v) is 6.98. The molecule has 1 aromatic rings. The normalized spacial score (nSPS) is 20.8. The van der Waals surface area contributed by atoms with Crippen LogP contribution in [0.3, 0.4) is 0 Å². The molecule has 0 aliphatic carbocycles. The minimum atomic E-state index is -0.322. The third-order valence-corrected chi connectivity index (χ3v) is 5.33. The fraction of sp³-hybridized carbons (Fsp3) is 0.529. The van der Waals surface area contributed by atoms with Gasteiger partial charge in [0, 0.05) is 24.5 Å². The van der Waals surface area contributed by atoms with Crippen molar-refractivity contribution in [2.45, 2.75) is 24.2 Å². The summed E-state index contributed by atoms with van der Waals surface area (Å²) in [5.41, 5.74) is 6.28. The molecule has 2 aliphatic heterocycles. The summed E-state index contributed by atoms with van der Waals surface area (Å²) in [7, 11) is 0. The maximum Gasteiger partial charge on any atom is 0.324 e. The van der Waals surface area contributed by atoms with Crippen molar-refractivity contribution < 1.29 is 14.3 Å². The molecule has 3 rings (SSSR count). The van der Waals surface area contributed by atoms with Gasteiger partial charge in [0.2, 0.25) is 5.91 Å². The molecule has 0 saturated carbocycles. The number of nitrogens with two attached hydrogens (primary N) is 1. The highest BCUT2D eigenvalue weighted by Gasteiger charge is 2.32. The van der Waals surface area contributed by atoms with Gasteiger partial charge in [-0.25, -0.2) is 4.79 Å². The number of benzene rings is 1. The van der Waals surface area contributed by atoms with E-state index in [1.165, 1.54) is 0 Å². The number of thioether (sulfide) groups is 1.